The molecule has 0 spiro atoms. The Balaban J connectivity index is 2.68. The summed E-state index contributed by atoms with van der Waals surface area (Å²) in [6.45, 7) is 0. The molecule has 21 heavy (non-hydrogen) atoms. The Labute approximate surface area is 126 Å². The van der Waals surface area contributed by atoms with E-state index in [0.29, 0.717) is 16.9 Å². The molecule has 0 heterocycles. The second kappa shape index (κ2) is 7.32. The molecular weight excluding hydrogens is 288 g/mol. The molecule has 2 aromatic rings. The number of carbonyl (C=O) groups excluding carboxylic acids is 2. The molecule has 0 saturated carbocycles. The van der Waals surface area contributed by atoms with E-state index < -0.39 is 0 Å². The molecule has 0 aromatic heterocycles. The van der Waals surface area contributed by atoms with Gasteiger partial charge in [-0.3, -0.25) is 0 Å². The molecule has 0 fully saturated rings. The molecule has 1 unspecified atom stereocenters. The molecule has 4 nitrogen and oxygen atoms in total. The lowest BCUT2D eigenvalue weighted by Gasteiger charge is -2.18. The lowest BCUT2D eigenvalue weighted by molar-refractivity contribution is 0.565. The van der Waals surface area contributed by atoms with Gasteiger partial charge in [-0.15, -0.1) is 11.6 Å². The van der Waals surface area contributed by atoms with E-state index >= 15 is 0 Å². The van der Waals surface area contributed by atoms with Gasteiger partial charge in [-0.05, 0) is 17.7 Å². The van der Waals surface area contributed by atoms with Crippen LogP contribution in [0.3, 0.4) is 0 Å². The summed E-state index contributed by atoms with van der Waals surface area (Å²) < 4.78 is 0. The van der Waals surface area contributed by atoms with Crippen LogP contribution in [0.5, 0.6) is 0 Å². The summed E-state index contributed by atoms with van der Waals surface area (Å²) in [5, 5.41) is 0. The number of hydrogen-bond acceptors (Lipinski definition) is 4. The van der Waals surface area contributed by atoms with Crippen LogP contribution in [0.4, 0.5) is 11.4 Å². The number of alkyl halides is 1. The van der Waals surface area contributed by atoms with Gasteiger partial charge in [-0.25, -0.2) is 9.59 Å². The molecule has 0 amide bonds. The molecule has 0 aliphatic carbocycles. The number of isocyanates is 2. The first-order valence-corrected chi connectivity index (χ1v) is 6.74. The molecule has 0 aliphatic rings. The fourth-order valence-corrected chi connectivity index (χ4v) is 2.54. The second-order valence-corrected chi connectivity index (χ2v) is 4.54. The van der Waals surface area contributed by atoms with Gasteiger partial charge in [0, 0.05) is 17.4 Å². The maximum atomic E-state index is 10.6. The van der Waals surface area contributed by atoms with E-state index in [-0.39, 0.29) is 11.8 Å². The van der Waals surface area contributed by atoms with Crippen molar-refractivity contribution in [3.8, 4) is 0 Å². The summed E-state index contributed by atoms with van der Waals surface area (Å²) in [6, 6.07) is 14.5. The zero-order valence-electron chi connectivity index (χ0n) is 11.0. The van der Waals surface area contributed by atoms with E-state index in [2.05, 4.69) is 9.98 Å². The van der Waals surface area contributed by atoms with Crippen molar-refractivity contribution in [2.75, 3.05) is 5.88 Å². The summed E-state index contributed by atoms with van der Waals surface area (Å²) in [4.78, 5) is 28.6. The Morgan fingerprint density at radius 2 is 1.48 bits per heavy atom. The topological polar surface area (TPSA) is 58.9 Å². The normalized spacial score (nSPS) is 11.1. The van der Waals surface area contributed by atoms with Crippen molar-refractivity contribution in [3.05, 3.63) is 59.7 Å². The molecule has 0 radical (unpaired) electrons. The van der Waals surface area contributed by atoms with Crippen LogP contribution >= 0.6 is 11.6 Å². The average Bonchev–Trinajstić information content (AvgIpc) is 2.52. The molecule has 0 N–H and O–H groups in total. The fraction of sp³-hybridized carbons (Fsp3) is 0.125. The Morgan fingerprint density at radius 3 is 1.95 bits per heavy atom. The van der Waals surface area contributed by atoms with Crippen LogP contribution < -0.4 is 0 Å². The number of benzene rings is 2. The van der Waals surface area contributed by atoms with Gasteiger partial charge in [0.15, 0.2) is 0 Å². The Morgan fingerprint density at radius 1 is 0.905 bits per heavy atom. The van der Waals surface area contributed by atoms with Crippen molar-refractivity contribution < 1.29 is 9.59 Å². The maximum absolute atomic E-state index is 10.6. The molecule has 0 bridgehead atoms. The van der Waals surface area contributed by atoms with Crippen LogP contribution in [0.25, 0.3) is 0 Å². The summed E-state index contributed by atoms with van der Waals surface area (Å²) >= 11 is 6.10. The lowest BCUT2D eigenvalue weighted by Crippen LogP contribution is -2.03. The van der Waals surface area contributed by atoms with Gasteiger partial charge in [0.05, 0.1) is 11.4 Å². The van der Waals surface area contributed by atoms with E-state index in [1.165, 1.54) is 12.2 Å². The van der Waals surface area contributed by atoms with Crippen molar-refractivity contribution in [2.45, 2.75) is 5.92 Å². The second-order valence-electron chi connectivity index (χ2n) is 4.23. The third kappa shape index (κ3) is 3.33. The molecule has 0 saturated heterocycles. The first kappa shape index (κ1) is 14.9. The van der Waals surface area contributed by atoms with Crippen molar-refractivity contribution in [3.63, 3.8) is 0 Å². The number of rotatable bonds is 5. The van der Waals surface area contributed by atoms with Crippen LogP contribution in [-0.4, -0.2) is 18.0 Å². The molecule has 1 atom stereocenters. The minimum Gasteiger partial charge on any atom is -0.211 e. The molecule has 0 aliphatic heterocycles. The standard InChI is InChI=1S/C16H11ClN2O2/c17-9-13(12-5-2-1-3-6-12)16-14(18-10-20)7-4-8-15(16)19-11-21/h1-8,13H,9H2. The summed E-state index contributed by atoms with van der Waals surface area (Å²) in [5.74, 6) is 0.0183. The SMILES string of the molecule is O=C=Nc1cccc(N=C=O)c1C(CCl)c1ccccc1. The monoisotopic (exact) mass is 298 g/mol. The zero-order chi connectivity index (χ0) is 15.1. The first-order valence-electron chi connectivity index (χ1n) is 6.21. The van der Waals surface area contributed by atoms with Crippen LogP contribution in [0.2, 0.25) is 0 Å². The number of hydrogen-bond donors (Lipinski definition) is 0. The highest BCUT2D eigenvalue weighted by Gasteiger charge is 2.20. The van der Waals surface area contributed by atoms with E-state index in [4.69, 9.17) is 11.6 Å². The summed E-state index contributed by atoms with van der Waals surface area (Å²) in [5.41, 5.74) is 2.36. The van der Waals surface area contributed by atoms with Gasteiger partial charge >= 0.3 is 0 Å². The molecule has 2 rings (SSSR count). The minimum atomic E-state index is -0.242. The Kier molecular flexibility index (Phi) is 5.19. The van der Waals surface area contributed by atoms with E-state index in [1.807, 2.05) is 30.3 Å². The molecule has 5 heteroatoms. The Hall–Kier alpha value is -2.51. The van der Waals surface area contributed by atoms with Crippen LogP contribution in [0, 0.1) is 0 Å². The van der Waals surface area contributed by atoms with Crippen molar-refractivity contribution in [2.24, 2.45) is 9.98 Å². The zero-order valence-corrected chi connectivity index (χ0v) is 11.7. The molecule has 2 aromatic carbocycles. The van der Waals surface area contributed by atoms with Gasteiger partial charge in [0.2, 0.25) is 12.2 Å². The molecule has 104 valence electrons. The predicted octanol–water partition coefficient (Wildman–Crippen LogP) is 3.99. The van der Waals surface area contributed by atoms with Gasteiger partial charge < -0.3 is 0 Å². The van der Waals surface area contributed by atoms with Crippen LogP contribution in [0.1, 0.15) is 17.0 Å². The number of halogens is 1. The van der Waals surface area contributed by atoms with E-state index in [0.717, 1.165) is 5.56 Å². The predicted molar refractivity (Wildman–Crippen MR) is 81.0 cm³/mol. The largest absolute Gasteiger partial charge is 0.240 e. The van der Waals surface area contributed by atoms with Crippen molar-refractivity contribution >= 4 is 35.1 Å². The highest BCUT2D eigenvalue weighted by molar-refractivity contribution is 6.18. The van der Waals surface area contributed by atoms with Gasteiger partial charge in [0.1, 0.15) is 0 Å². The minimum absolute atomic E-state index is 0.242. The van der Waals surface area contributed by atoms with Crippen molar-refractivity contribution in [1.82, 2.24) is 0 Å². The van der Waals surface area contributed by atoms with Crippen molar-refractivity contribution in [1.29, 1.82) is 0 Å². The van der Waals surface area contributed by atoms with E-state index in [1.54, 1.807) is 18.2 Å². The van der Waals surface area contributed by atoms with Gasteiger partial charge in [0.25, 0.3) is 0 Å². The van der Waals surface area contributed by atoms with Gasteiger partial charge in [-0.2, -0.15) is 9.98 Å². The highest BCUT2D eigenvalue weighted by atomic mass is 35.5. The van der Waals surface area contributed by atoms with E-state index in [9.17, 15) is 9.59 Å². The number of aliphatic imine (C=N–C) groups is 2. The Bertz CT molecular complexity index is 682. The average molecular weight is 299 g/mol. The fourth-order valence-electron chi connectivity index (χ4n) is 2.21. The summed E-state index contributed by atoms with van der Waals surface area (Å²) in [6.07, 6.45) is 3.03. The third-order valence-corrected chi connectivity index (χ3v) is 3.41. The lowest BCUT2D eigenvalue weighted by atomic mass is 9.90. The maximum Gasteiger partial charge on any atom is 0.240 e. The highest BCUT2D eigenvalue weighted by Crippen LogP contribution is 2.39. The summed E-state index contributed by atoms with van der Waals surface area (Å²) in [7, 11) is 0. The third-order valence-electron chi connectivity index (χ3n) is 3.10. The molecular formula is C16H11ClN2O2. The quantitative estimate of drug-likeness (QED) is 0.476. The number of nitrogens with zero attached hydrogens (tertiary/aromatic N) is 2. The van der Waals surface area contributed by atoms with Gasteiger partial charge in [-0.1, -0.05) is 36.4 Å². The first-order chi connectivity index (χ1) is 10.3. The van der Waals surface area contributed by atoms with Crippen LogP contribution in [0.15, 0.2) is 58.5 Å². The smallest absolute Gasteiger partial charge is 0.211 e. The van der Waals surface area contributed by atoms with Crippen LogP contribution in [-0.2, 0) is 9.59 Å².